The van der Waals surface area contributed by atoms with E-state index in [1.54, 1.807) is 12.1 Å². The molecule has 0 radical (unpaired) electrons. The van der Waals surface area contributed by atoms with Crippen LogP contribution in [0.1, 0.15) is 32.4 Å². The molecule has 0 aliphatic carbocycles. The lowest BCUT2D eigenvalue weighted by molar-refractivity contribution is 0.201. The highest BCUT2D eigenvalue weighted by molar-refractivity contribution is 6.30. The molecule has 4 heteroatoms. The third kappa shape index (κ3) is 3.95. The first-order valence-electron chi connectivity index (χ1n) is 5.77. The Morgan fingerprint density at radius 1 is 1.35 bits per heavy atom. The Morgan fingerprint density at radius 3 is 2.47 bits per heavy atom. The van der Waals surface area contributed by atoms with Crippen molar-refractivity contribution in [2.45, 2.75) is 32.9 Å². The third-order valence-electron chi connectivity index (χ3n) is 2.91. The summed E-state index contributed by atoms with van der Waals surface area (Å²) < 4.78 is 13.0. The van der Waals surface area contributed by atoms with Crippen molar-refractivity contribution in [1.82, 2.24) is 5.32 Å². The maximum atomic E-state index is 13.0. The highest BCUT2D eigenvalue weighted by Gasteiger charge is 2.16. The molecule has 1 aromatic rings. The number of nitrogens with one attached hydrogen (secondary N) is 1. The number of rotatable bonds is 5. The molecule has 0 bridgehead atoms. The topological polar surface area (TPSA) is 32.3 Å². The number of aliphatic hydroxyl groups is 1. The van der Waals surface area contributed by atoms with Crippen molar-refractivity contribution >= 4 is 11.6 Å². The Hall–Kier alpha value is -0.640. The predicted molar refractivity (Wildman–Crippen MR) is 68.7 cm³/mol. The van der Waals surface area contributed by atoms with E-state index in [1.165, 1.54) is 6.07 Å². The number of hydrogen-bond donors (Lipinski definition) is 2. The molecule has 2 N–H and O–H groups in total. The summed E-state index contributed by atoms with van der Waals surface area (Å²) >= 11 is 5.74. The number of hydrogen-bond acceptors (Lipinski definition) is 2. The van der Waals surface area contributed by atoms with Crippen LogP contribution in [0, 0.1) is 11.7 Å². The van der Waals surface area contributed by atoms with E-state index in [0.717, 1.165) is 5.56 Å². The second-order valence-electron chi connectivity index (χ2n) is 4.59. The Kier molecular flexibility index (Phi) is 5.37. The van der Waals surface area contributed by atoms with Crippen LogP contribution in [-0.2, 0) is 0 Å². The van der Waals surface area contributed by atoms with Gasteiger partial charge >= 0.3 is 0 Å². The SMILES string of the molecule is CC(NC(CO)C(C)C)c1ccc(F)c(Cl)c1. The molecule has 2 unspecified atom stereocenters. The Bertz CT molecular complexity index is 370. The molecule has 0 aliphatic rings. The minimum Gasteiger partial charge on any atom is -0.395 e. The number of halogens is 2. The van der Waals surface area contributed by atoms with E-state index >= 15 is 0 Å². The first-order valence-corrected chi connectivity index (χ1v) is 6.15. The highest BCUT2D eigenvalue weighted by Crippen LogP contribution is 2.21. The maximum Gasteiger partial charge on any atom is 0.141 e. The first-order chi connectivity index (χ1) is 7.95. The smallest absolute Gasteiger partial charge is 0.141 e. The quantitative estimate of drug-likeness (QED) is 0.852. The van der Waals surface area contributed by atoms with E-state index in [9.17, 15) is 9.50 Å². The minimum absolute atomic E-state index is 0.0210. The van der Waals surface area contributed by atoms with E-state index < -0.39 is 5.82 Å². The third-order valence-corrected chi connectivity index (χ3v) is 3.20. The van der Waals surface area contributed by atoms with Crippen molar-refractivity contribution in [2.24, 2.45) is 5.92 Å². The lowest BCUT2D eigenvalue weighted by atomic mass is 10.0. The van der Waals surface area contributed by atoms with Gasteiger partial charge < -0.3 is 10.4 Å². The van der Waals surface area contributed by atoms with Gasteiger partial charge in [0.25, 0.3) is 0 Å². The molecular weight excluding hydrogens is 241 g/mol. The highest BCUT2D eigenvalue weighted by atomic mass is 35.5. The average Bonchev–Trinajstić information content (AvgIpc) is 2.28. The summed E-state index contributed by atoms with van der Waals surface area (Å²) in [6.07, 6.45) is 0. The van der Waals surface area contributed by atoms with Crippen LogP contribution in [0.2, 0.25) is 5.02 Å². The molecule has 0 aromatic heterocycles. The minimum atomic E-state index is -0.412. The van der Waals surface area contributed by atoms with Crippen molar-refractivity contribution in [2.75, 3.05) is 6.61 Å². The molecule has 2 nitrogen and oxygen atoms in total. The van der Waals surface area contributed by atoms with Gasteiger partial charge in [-0.3, -0.25) is 0 Å². The molecule has 2 atom stereocenters. The van der Waals surface area contributed by atoms with Gasteiger partial charge in [-0.25, -0.2) is 4.39 Å². The van der Waals surface area contributed by atoms with Crippen LogP contribution >= 0.6 is 11.6 Å². The van der Waals surface area contributed by atoms with Crippen LogP contribution < -0.4 is 5.32 Å². The standard InChI is InChI=1S/C13H19ClFNO/c1-8(2)13(7-17)16-9(3)10-4-5-12(15)11(14)6-10/h4-6,8-9,13,16-17H,7H2,1-3H3. The zero-order valence-electron chi connectivity index (χ0n) is 10.4. The van der Waals surface area contributed by atoms with Gasteiger partial charge in [-0.15, -0.1) is 0 Å². The van der Waals surface area contributed by atoms with E-state index in [-0.39, 0.29) is 23.7 Å². The second kappa shape index (κ2) is 6.34. The molecule has 1 aromatic carbocycles. The summed E-state index contributed by atoms with van der Waals surface area (Å²) in [6, 6.07) is 4.72. The summed E-state index contributed by atoms with van der Waals surface area (Å²) in [5, 5.41) is 12.7. The van der Waals surface area contributed by atoms with Crippen LogP contribution in [0.25, 0.3) is 0 Å². The Balaban J connectivity index is 2.75. The van der Waals surface area contributed by atoms with Crippen LogP contribution in [0.5, 0.6) is 0 Å². The lowest BCUT2D eigenvalue weighted by Gasteiger charge is -2.25. The molecule has 96 valence electrons. The van der Waals surface area contributed by atoms with Gasteiger partial charge in [-0.1, -0.05) is 31.5 Å². The normalized spacial score (nSPS) is 15.0. The maximum absolute atomic E-state index is 13.0. The molecule has 17 heavy (non-hydrogen) atoms. The van der Waals surface area contributed by atoms with E-state index in [4.69, 9.17) is 11.6 Å². The molecule has 0 saturated carbocycles. The van der Waals surface area contributed by atoms with Gasteiger partial charge in [-0.05, 0) is 30.5 Å². The zero-order chi connectivity index (χ0) is 13.0. The lowest BCUT2D eigenvalue weighted by Crippen LogP contribution is -2.38. The van der Waals surface area contributed by atoms with Crippen LogP contribution in [-0.4, -0.2) is 17.8 Å². The monoisotopic (exact) mass is 259 g/mol. The largest absolute Gasteiger partial charge is 0.395 e. The van der Waals surface area contributed by atoms with Crippen LogP contribution in [0.3, 0.4) is 0 Å². The van der Waals surface area contributed by atoms with E-state index in [0.29, 0.717) is 5.92 Å². The van der Waals surface area contributed by atoms with Crippen molar-refractivity contribution in [3.05, 3.63) is 34.6 Å². The van der Waals surface area contributed by atoms with Crippen molar-refractivity contribution in [3.8, 4) is 0 Å². The summed E-state index contributed by atoms with van der Waals surface area (Å²) in [4.78, 5) is 0. The van der Waals surface area contributed by atoms with Crippen molar-refractivity contribution in [3.63, 3.8) is 0 Å². The average molecular weight is 260 g/mol. The van der Waals surface area contributed by atoms with Gasteiger partial charge in [0, 0.05) is 12.1 Å². The second-order valence-corrected chi connectivity index (χ2v) is 5.00. The van der Waals surface area contributed by atoms with Gasteiger partial charge in [0.15, 0.2) is 0 Å². The van der Waals surface area contributed by atoms with E-state index in [1.807, 2.05) is 20.8 Å². The molecular formula is C13H19ClFNO. The van der Waals surface area contributed by atoms with Crippen molar-refractivity contribution < 1.29 is 9.50 Å². The summed E-state index contributed by atoms with van der Waals surface area (Å²) in [6.45, 7) is 6.13. The van der Waals surface area contributed by atoms with Gasteiger partial charge in [-0.2, -0.15) is 0 Å². The van der Waals surface area contributed by atoms with Gasteiger partial charge in [0.1, 0.15) is 5.82 Å². The molecule has 0 saturated heterocycles. The summed E-state index contributed by atoms with van der Waals surface area (Å²) in [7, 11) is 0. The van der Waals surface area contributed by atoms with Crippen LogP contribution in [0.4, 0.5) is 4.39 Å². The Morgan fingerprint density at radius 2 is 2.00 bits per heavy atom. The number of benzene rings is 1. The zero-order valence-corrected chi connectivity index (χ0v) is 11.1. The predicted octanol–water partition coefficient (Wildman–Crippen LogP) is 3.15. The fourth-order valence-electron chi connectivity index (χ4n) is 1.66. The molecule has 0 fully saturated rings. The molecule has 0 spiro atoms. The Labute approximate surface area is 107 Å². The van der Waals surface area contributed by atoms with E-state index in [2.05, 4.69) is 5.32 Å². The summed E-state index contributed by atoms with van der Waals surface area (Å²) in [5.74, 6) is -0.0800. The molecule has 0 aliphatic heterocycles. The fraction of sp³-hybridized carbons (Fsp3) is 0.538. The fourth-order valence-corrected chi connectivity index (χ4v) is 1.84. The first kappa shape index (κ1) is 14.4. The summed E-state index contributed by atoms with van der Waals surface area (Å²) in [5.41, 5.74) is 0.913. The van der Waals surface area contributed by atoms with Gasteiger partial charge in [0.2, 0.25) is 0 Å². The molecule has 0 amide bonds. The number of aliphatic hydroxyl groups excluding tert-OH is 1. The van der Waals surface area contributed by atoms with Gasteiger partial charge in [0.05, 0.1) is 11.6 Å². The molecule has 1 rings (SSSR count). The van der Waals surface area contributed by atoms with Crippen molar-refractivity contribution in [1.29, 1.82) is 0 Å². The van der Waals surface area contributed by atoms with Crippen LogP contribution in [0.15, 0.2) is 18.2 Å². The molecule has 0 heterocycles.